The van der Waals surface area contributed by atoms with Crippen LogP contribution in [-0.4, -0.2) is 17.1 Å². The standard InChI is InChI=1S/C18H21NO2/c1-14(7-8-15-5-3-2-4-6-15)19-13-16-9-11-17(12-10-16)18(20)21/h2-6,9-12,14,19H,7-8,13H2,1H3,(H,20,21)/t14-/m1/s1. The Kier molecular flexibility index (Phi) is 5.52. The van der Waals surface area contributed by atoms with Gasteiger partial charge in [0.15, 0.2) is 0 Å². The quantitative estimate of drug-likeness (QED) is 0.817. The van der Waals surface area contributed by atoms with Crippen LogP contribution in [0.3, 0.4) is 0 Å². The summed E-state index contributed by atoms with van der Waals surface area (Å²) in [6.45, 7) is 2.93. The number of hydrogen-bond acceptors (Lipinski definition) is 2. The van der Waals surface area contributed by atoms with E-state index < -0.39 is 5.97 Å². The monoisotopic (exact) mass is 283 g/mol. The summed E-state index contributed by atoms with van der Waals surface area (Å²) in [4.78, 5) is 10.8. The maximum absolute atomic E-state index is 10.8. The summed E-state index contributed by atoms with van der Waals surface area (Å²) >= 11 is 0. The molecule has 0 spiro atoms. The molecule has 2 aromatic carbocycles. The molecule has 2 aromatic rings. The molecule has 0 aliphatic rings. The third kappa shape index (κ3) is 5.04. The van der Waals surface area contributed by atoms with Crippen LogP contribution in [0.25, 0.3) is 0 Å². The minimum atomic E-state index is -0.884. The number of carboxylic acid groups (broad SMARTS) is 1. The van der Waals surface area contributed by atoms with Crippen LogP contribution in [0.4, 0.5) is 0 Å². The number of rotatable bonds is 7. The van der Waals surface area contributed by atoms with Crippen molar-refractivity contribution in [1.29, 1.82) is 0 Å². The highest BCUT2D eigenvalue weighted by Gasteiger charge is 2.04. The van der Waals surface area contributed by atoms with Crippen LogP contribution in [0.15, 0.2) is 54.6 Å². The van der Waals surface area contributed by atoms with Gasteiger partial charge in [0.25, 0.3) is 0 Å². The van der Waals surface area contributed by atoms with Gasteiger partial charge in [-0.1, -0.05) is 42.5 Å². The summed E-state index contributed by atoms with van der Waals surface area (Å²) in [6, 6.07) is 17.9. The van der Waals surface area contributed by atoms with Crippen molar-refractivity contribution in [3.63, 3.8) is 0 Å². The molecule has 21 heavy (non-hydrogen) atoms. The zero-order chi connectivity index (χ0) is 15.1. The fourth-order valence-electron chi connectivity index (χ4n) is 2.19. The summed E-state index contributed by atoms with van der Waals surface area (Å²) < 4.78 is 0. The van der Waals surface area contributed by atoms with Gasteiger partial charge in [0.1, 0.15) is 0 Å². The molecule has 3 nitrogen and oxygen atoms in total. The Bertz CT molecular complexity index is 564. The first-order valence-electron chi connectivity index (χ1n) is 7.24. The molecule has 110 valence electrons. The molecular weight excluding hydrogens is 262 g/mol. The normalized spacial score (nSPS) is 12.0. The Labute approximate surface area is 125 Å². The maximum Gasteiger partial charge on any atom is 0.335 e. The van der Waals surface area contributed by atoms with Gasteiger partial charge < -0.3 is 10.4 Å². The fourth-order valence-corrected chi connectivity index (χ4v) is 2.19. The number of nitrogens with one attached hydrogen (secondary N) is 1. The summed E-state index contributed by atoms with van der Waals surface area (Å²) in [5.74, 6) is -0.884. The van der Waals surface area contributed by atoms with E-state index in [4.69, 9.17) is 5.11 Å². The van der Waals surface area contributed by atoms with Crippen molar-refractivity contribution >= 4 is 5.97 Å². The zero-order valence-electron chi connectivity index (χ0n) is 12.3. The summed E-state index contributed by atoms with van der Waals surface area (Å²) in [5.41, 5.74) is 2.79. The fraction of sp³-hybridized carbons (Fsp3) is 0.278. The topological polar surface area (TPSA) is 49.3 Å². The summed E-state index contributed by atoms with van der Waals surface area (Å²) in [6.07, 6.45) is 2.14. The Morgan fingerprint density at radius 3 is 2.33 bits per heavy atom. The SMILES string of the molecule is C[C@H](CCc1ccccc1)NCc1ccc(C(=O)O)cc1. The molecule has 2 rings (SSSR count). The molecule has 2 N–H and O–H groups in total. The van der Waals surface area contributed by atoms with Crippen LogP contribution >= 0.6 is 0 Å². The number of aromatic carboxylic acids is 1. The molecule has 0 saturated heterocycles. The van der Waals surface area contributed by atoms with Gasteiger partial charge in [0.2, 0.25) is 0 Å². The van der Waals surface area contributed by atoms with Crippen molar-refractivity contribution in [2.24, 2.45) is 0 Å². The van der Waals surface area contributed by atoms with Crippen molar-refractivity contribution in [2.75, 3.05) is 0 Å². The lowest BCUT2D eigenvalue weighted by molar-refractivity contribution is 0.0697. The molecule has 0 aliphatic heterocycles. The van der Waals surface area contributed by atoms with E-state index in [1.807, 2.05) is 18.2 Å². The van der Waals surface area contributed by atoms with Gasteiger partial charge in [-0.15, -0.1) is 0 Å². The minimum absolute atomic E-state index is 0.330. The molecule has 0 fully saturated rings. The van der Waals surface area contributed by atoms with Crippen LogP contribution in [0.2, 0.25) is 0 Å². The van der Waals surface area contributed by atoms with E-state index in [2.05, 4.69) is 36.5 Å². The smallest absolute Gasteiger partial charge is 0.335 e. The average Bonchev–Trinajstić information content (AvgIpc) is 2.52. The predicted octanol–water partition coefficient (Wildman–Crippen LogP) is 3.50. The zero-order valence-corrected chi connectivity index (χ0v) is 12.3. The van der Waals surface area contributed by atoms with Gasteiger partial charge in [-0.25, -0.2) is 4.79 Å². The second-order valence-electron chi connectivity index (χ2n) is 5.31. The van der Waals surface area contributed by atoms with E-state index in [9.17, 15) is 4.79 Å². The van der Waals surface area contributed by atoms with E-state index in [1.54, 1.807) is 12.1 Å². The first-order valence-corrected chi connectivity index (χ1v) is 7.24. The van der Waals surface area contributed by atoms with E-state index >= 15 is 0 Å². The van der Waals surface area contributed by atoms with E-state index in [1.165, 1.54) is 5.56 Å². The second-order valence-corrected chi connectivity index (χ2v) is 5.31. The van der Waals surface area contributed by atoms with Crippen LogP contribution in [-0.2, 0) is 13.0 Å². The molecule has 0 aromatic heterocycles. The molecule has 0 radical (unpaired) electrons. The van der Waals surface area contributed by atoms with Gasteiger partial charge in [0.05, 0.1) is 5.56 Å². The summed E-state index contributed by atoms with van der Waals surface area (Å²) in [5, 5.41) is 12.3. The lowest BCUT2D eigenvalue weighted by atomic mass is 10.1. The number of carboxylic acids is 1. The molecule has 0 amide bonds. The maximum atomic E-state index is 10.8. The molecule has 0 aliphatic carbocycles. The molecule has 0 heterocycles. The molecule has 1 atom stereocenters. The van der Waals surface area contributed by atoms with Crippen molar-refractivity contribution in [3.05, 3.63) is 71.3 Å². The second kappa shape index (κ2) is 7.60. The molecule has 0 saturated carbocycles. The minimum Gasteiger partial charge on any atom is -0.478 e. The first kappa shape index (κ1) is 15.3. The molecular formula is C18H21NO2. The van der Waals surface area contributed by atoms with Crippen molar-refractivity contribution in [3.8, 4) is 0 Å². The lowest BCUT2D eigenvalue weighted by Gasteiger charge is -2.14. The van der Waals surface area contributed by atoms with Gasteiger partial charge in [-0.05, 0) is 43.0 Å². The molecule has 3 heteroatoms. The van der Waals surface area contributed by atoms with Crippen molar-refractivity contribution in [2.45, 2.75) is 32.4 Å². The first-order chi connectivity index (χ1) is 10.1. The van der Waals surface area contributed by atoms with Crippen molar-refractivity contribution < 1.29 is 9.90 Å². The van der Waals surface area contributed by atoms with Gasteiger partial charge >= 0.3 is 5.97 Å². The Hall–Kier alpha value is -2.13. The molecule has 0 bridgehead atoms. The lowest BCUT2D eigenvalue weighted by Crippen LogP contribution is -2.25. The van der Waals surface area contributed by atoms with Gasteiger partial charge in [0, 0.05) is 12.6 Å². The van der Waals surface area contributed by atoms with Gasteiger partial charge in [-0.3, -0.25) is 0 Å². The number of hydrogen-bond donors (Lipinski definition) is 2. The van der Waals surface area contributed by atoms with Crippen LogP contribution in [0.5, 0.6) is 0 Å². The highest BCUT2D eigenvalue weighted by molar-refractivity contribution is 5.87. The highest BCUT2D eigenvalue weighted by Crippen LogP contribution is 2.07. The van der Waals surface area contributed by atoms with E-state index in [-0.39, 0.29) is 0 Å². The van der Waals surface area contributed by atoms with Gasteiger partial charge in [-0.2, -0.15) is 0 Å². The third-order valence-electron chi connectivity index (χ3n) is 3.56. The van der Waals surface area contributed by atoms with E-state index in [0.717, 1.165) is 24.9 Å². The van der Waals surface area contributed by atoms with Crippen LogP contribution in [0, 0.1) is 0 Å². The van der Waals surface area contributed by atoms with Crippen LogP contribution < -0.4 is 5.32 Å². The number of aryl methyl sites for hydroxylation is 1. The van der Waals surface area contributed by atoms with Crippen LogP contribution in [0.1, 0.15) is 34.8 Å². The van der Waals surface area contributed by atoms with Crippen molar-refractivity contribution in [1.82, 2.24) is 5.32 Å². The average molecular weight is 283 g/mol. The Balaban J connectivity index is 1.75. The Morgan fingerprint density at radius 2 is 1.71 bits per heavy atom. The van der Waals surface area contributed by atoms with E-state index in [0.29, 0.717) is 11.6 Å². The number of benzene rings is 2. The third-order valence-corrected chi connectivity index (χ3v) is 3.56. The Morgan fingerprint density at radius 1 is 1.05 bits per heavy atom. The largest absolute Gasteiger partial charge is 0.478 e. The molecule has 0 unspecified atom stereocenters. The summed E-state index contributed by atoms with van der Waals surface area (Å²) in [7, 11) is 0. The number of carbonyl (C=O) groups is 1. The predicted molar refractivity (Wildman–Crippen MR) is 84.5 cm³/mol. The highest BCUT2D eigenvalue weighted by atomic mass is 16.4.